The third kappa shape index (κ3) is 2.44. The summed E-state index contributed by atoms with van der Waals surface area (Å²) in [5, 5.41) is 0. The number of hydrogen-bond donors (Lipinski definition) is 1. The fourth-order valence-electron chi connectivity index (χ4n) is 2.82. The standard InChI is InChI=1S/C18H21NO/c1-12(2)13-7-9-14(10-8-13)18-16(19)11-15-5-3-4-6-17(15)20-18/h3-10,12,16,18H,11,19H2,1-2H3/p+1/t16-,18-/m0/s1. The van der Waals surface area contributed by atoms with Crippen molar-refractivity contribution in [3.8, 4) is 5.75 Å². The fourth-order valence-corrected chi connectivity index (χ4v) is 2.82. The zero-order valence-corrected chi connectivity index (χ0v) is 12.2. The predicted molar refractivity (Wildman–Crippen MR) is 80.7 cm³/mol. The number of fused-ring (bicyclic) bond motifs is 1. The van der Waals surface area contributed by atoms with Crippen molar-refractivity contribution in [3.05, 3.63) is 65.2 Å². The van der Waals surface area contributed by atoms with Crippen LogP contribution in [-0.2, 0) is 6.42 Å². The molecule has 0 aliphatic carbocycles. The second-order valence-electron chi connectivity index (χ2n) is 5.93. The van der Waals surface area contributed by atoms with Crippen molar-refractivity contribution in [3.63, 3.8) is 0 Å². The van der Waals surface area contributed by atoms with Crippen LogP contribution < -0.4 is 10.5 Å². The number of ether oxygens (including phenoxy) is 1. The normalized spacial score (nSPS) is 21.4. The SMILES string of the molecule is CC(C)c1ccc([C@@H]2Oc3ccccc3C[C@@H]2[NH3+])cc1. The minimum absolute atomic E-state index is 0.0612. The molecule has 2 aromatic rings. The molecule has 3 N–H and O–H groups in total. The van der Waals surface area contributed by atoms with Crippen molar-refractivity contribution >= 4 is 0 Å². The van der Waals surface area contributed by atoms with Crippen LogP contribution in [0.2, 0.25) is 0 Å². The molecule has 1 heterocycles. The molecule has 1 aliphatic rings. The maximum Gasteiger partial charge on any atom is 0.175 e. The first-order valence-corrected chi connectivity index (χ1v) is 7.32. The number of rotatable bonds is 2. The van der Waals surface area contributed by atoms with Crippen molar-refractivity contribution in [2.24, 2.45) is 0 Å². The molecular formula is C18H22NO+. The Morgan fingerprint density at radius 1 is 1.05 bits per heavy atom. The Morgan fingerprint density at radius 2 is 1.75 bits per heavy atom. The van der Waals surface area contributed by atoms with Gasteiger partial charge in [-0.25, -0.2) is 0 Å². The first-order chi connectivity index (χ1) is 9.65. The van der Waals surface area contributed by atoms with E-state index in [2.05, 4.69) is 62.0 Å². The molecule has 2 atom stereocenters. The van der Waals surface area contributed by atoms with E-state index in [-0.39, 0.29) is 12.1 Å². The lowest BCUT2D eigenvalue weighted by molar-refractivity contribution is -0.438. The lowest BCUT2D eigenvalue weighted by atomic mass is 9.92. The van der Waals surface area contributed by atoms with E-state index in [1.807, 2.05) is 6.07 Å². The van der Waals surface area contributed by atoms with Gasteiger partial charge in [0.25, 0.3) is 0 Å². The second-order valence-corrected chi connectivity index (χ2v) is 5.93. The molecule has 0 amide bonds. The summed E-state index contributed by atoms with van der Waals surface area (Å²) < 4.78 is 6.17. The monoisotopic (exact) mass is 268 g/mol. The zero-order chi connectivity index (χ0) is 14.1. The van der Waals surface area contributed by atoms with Crippen molar-refractivity contribution in [1.82, 2.24) is 0 Å². The van der Waals surface area contributed by atoms with E-state index >= 15 is 0 Å². The molecule has 1 aliphatic heterocycles. The van der Waals surface area contributed by atoms with Gasteiger partial charge < -0.3 is 10.5 Å². The van der Waals surface area contributed by atoms with Gasteiger partial charge in [-0.15, -0.1) is 0 Å². The van der Waals surface area contributed by atoms with E-state index in [0.717, 1.165) is 12.2 Å². The highest BCUT2D eigenvalue weighted by Crippen LogP contribution is 2.33. The Bertz CT molecular complexity index is 589. The van der Waals surface area contributed by atoms with E-state index in [0.29, 0.717) is 5.92 Å². The molecular weight excluding hydrogens is 246 g/mol. The molecule has 0 radical (unpaired) electrons. The number of benzene rings is 2. The first kappa shape index (κ1) is 13.2. The summed E-state index contributed by atoms with van der Waals surface area (Å²) in [6.45, 7) is 4.43. The van der Waals surface area contributed by atoms with E-state index in [1.54, 1.807) is 0 Å². The molecule has 0 unspecified atom stereocenters. The van der Waals surface area contributed by atoms with Gasteiger partial charge in [0, 0.05) is 12.0 Å². The summed E-state index contributed by atoms with van der Waals surface area (Å²) in [4.78, 5) is 0. The predicted octanol–water partition coefficient (Wildman–Crippen LogP) is 3.10. The maximum atomic E-state index is 6.17. The molecule has 3 rings (SSSR count). The van der Waals surface area contributed by atoms with Crippen LogP contribution in [0.15, 0.2) is 48.5 Å². The Hall–Kier alpha value is -1.80. The highest BCUT2D eigenvalue weighted by molar-refractivity contribution is 5.38. The van der Waals surface area contributed by atoms with E-state index in [1.165, 1.54) is 16.7 Å². The summed E-state index contributed by atoms with van der Waals surface area (Å²) in [7, 11) is 0. The van der Waals surface area contributed by atoms with Gasteiger partial charge in [-0.05, 0) is 23.1 Å². The highest BCUT2D eigenvalue weighted by Gasteiger charge is 2.31. The van der Waals surface area contributed by atoms with Crippen LogP contribution in [0.4, 0.5) is 0 Å². The van der Waals surface area contributed by atoms with Gasteiger partial charge in [0.15, 0.2) is 6.10 Å². The fraction of sp³-hybridized carbons (Fsp3) is 0.333. The van der Waals surface area contributed by atoms with Crippen LogP contribution >= 0.6 is 0 Å². The number of hydrogen-bond acceptors (Lipinski definition) is 1. The maximum absolute atomic E-state index is 6.17. The summed E-state index contributed by atoms with van der Waals surface area (Å²) >= 11 is 0. The summed E-state index contributed by atoms with van der Waals surface area (Å²) in [6, 6.07) is 17.3. The topological polar surface area (TPSA) is 36.9 Å². The van der Waals surface area contributed by atoms with Crippen LogP contribution in [0, 0.1) is 0 Å². The molecule has 0 saturated carbocycles. The van der Waals surface area contributed by atoms with Gasteiger partial charge in [0.1, 0.15) is 11.8 Å². The van der Waals surface area contributed by atoms with Gasteiger partial charge in [0.2, 0.25) is 0 Å². The van der Waals surface area contributed by atoms with Gasteiger partial charge in [-0.3, -0.25) is 0 Å². The molecule has 2 aromatic carbocycles. The molecule has 0 saturated heterocycles. The molecule has 2 nitrogen and oxygen atoms in total. The van der Waals surface area contributed by atoms with Crippen LogP contribution in [-0.4, -0.2) is 6.04 Å². The number of para-hydroxylation sites is 1. The van der Waals surface area contributed by atoms with Gasteiger partial charge in [-0.2, -0.15) is 0 Å². The lowest BCUT2D eigenvalue weighted by Crippen LogP contribution is -2.66. The summed E-state index contributed by atoms with van der Waals surface area (Å²) in [5.74, 6) is 1.57. The second kappa shape index (κ2) is 5.29. The molecule has 104 valence electrons. The minimum Gasteiger partial charge on any atom is -0.479 e. The average molecular weight is 268 g/mol. The van der Waals surface area contributed by atoms with Gasteiger partial charge in [-0.1, -0.05) is 56.3 Å². The lowest BCUT2D eigenvalue weighted by Gasteiger charge is -2.29. The Balaban J connectivity index is 1.87. The molecule has 0 fully saturated rings. The quantitative estimate of drug-likeness (QED) is 0.892. The molecule has 0 spiro atoms. The summed E-state index contributed by atoms with van der Waals surface area (Å²) in [6.07, 6.45) is 1.04. The molecule has 0 aromatic heterocycles. The Morgan fingerprint density at radius 3 is 2.45 bits per heavy atom. The van der Waals surface area contributed by atoms with E-state index < -0.39 is 0 Å². The van der Waals surface area contributed by atoms with Gasteiger partial charge >= 0.3 is 0 Å². The third-order valence-electron chi connectivity index (χ3n) is 4.07. The average Bonchev–Trinajstić information content (AvgIpc) is 2.46. The van der Waals surface area contributed by atoms with Crippen molar-refractivity contribution < 1.29 is 10.5 Å². The van der Waals surface area contributed by atoms with Crippen molar-refractivity contribution in [2.45, 2.75) is 38.3 Å². The molecule has 2 heteroatoms. The molecule has 0 bridgehead atoms. The third-order valence-corrected chi connectivity index (χ3v) is 4.07. The Labute approximate surface area is 120 Å². The van der Waals surface area contributed by atoms with Crippen LogP contribution in [0.3, 0.4) is 0 Å². The highest BCUT2D eigenvalue weighted by atomic mass is 16.5. The zero-order valence-electron chi connectivity index (χ0n) is 12.2. The Kier molecular flexibility index (Phi) is 3.49. The van der Waals surface area contributed by atoms with E-state index in [9.17, 15) is 0 Å². The van der Waals surface area contributed by atoms with E-state index in [4.69, 9.17) is 4.74 Å². The molecule has 20 heavy (non-hydrogen) atoms. The van der Waals surface area contributed by atoms with Crippen LogP contribution in [0.25, 0.3) is 0 Å². The summed E-state index contributed by atoms with van der Waals surface area (Å²) in [5.41, 5.74) is 8.15. The number of quaternary nitrogens is 1. The van der Waals surface area contributed by atoms with Gasteiger partial charge in [0.05, 0.1) is 0 Å². The smallest absolute Gasteiger partial charge is 0.175 e. The van der Waals surface area contributed by atoms with Crippen LogP contribution in [0.1, 0.15) is 42.6 Å². The largest absolute Gasteiger partial charge is 0.479 e. The minimum atomic E-state index is 0.0612. The van der Waals surface area contributed by atoms with Crippen LogP contribution in [0.5, 0.6) is 5.75 Å². The van der Waals surface area contributed by atoms with Crippen molar-refractivity contribution in [1.29, 1.82) is 0 Å². The first-order valence-electron chi connectivity index (χ1n) is 7.32. The van der Waals surface area contributed by atoms with Crippen molar-refractivity contribution in [2.75, 3.05) is 0 Å².